The van der Waals surface area contributed by atoms with Gasteiger partial charge in [0.1, 0.15) is 18.4 Å². The molecule has 2 rings (SSSR count). The number of rotatable bonds is 4. The Morgan fingerprint density at radius 1 is 1.55 bits per heavy atom. The van der Waals surface area contributed by atoms with Gasteiger partial charge in [-0.15, -0.1) is 0 Å². The average Bonchev–Trinajstić information content (AvgIpc) is 2.69. The van der Waals surface area contributed by atoms with Crippen molar-refractivity contribution in [2.24, 2.45) is 0 Å². The number of aromatic nitrogens is 2. The molecule has 1 aliphatic heterocycles. The zero-order chi connectivity index (χ0) is 14.9. The normalized spacial score (nSPS) is 26.8. The summed E-state index contributed by atoms with van der Waals surface area (Å²) in [5, 5.41) is 9.17. The molecule has 3 atom stereocenters. The molecule has 112 valence electrons. The number of hydrogen-bond donors (Lipinski definition) is 2. The summed E-state index contributed by atoms with van der Waals surface area (Å²) in [6.07, 6.45) is -0.385. The van der Waals surface area contributed by atoms with Crippen molar-refractivity contribution in [3.05, 3.63) is 33.1 Å². The molecule has 0 unspecified atom stereocenters. The number of nitrogens with one attached hydrogen (secondary N) is 1. The Bertz CT molecular complexity index is 692. The fourth-order valence-corrected chi connectivity index (χ4v) is 2.67. The summed E-state index contributed by atoms with van der Waals surface area (Å²) in [7, 11) is -3.71. The molecule has 0 saturated carbocycles. The van der Waals surface area contributed by atoms with Gasteiger partial charge in [0.05, 0.1) is 12.9 Å². The van der Waals surface area contributed by atoms with E-state index < -0.39 is 46.4 Å². The number of aromatic amines is 1. The van der Waals surface area contributed by atoms with Gasteiger partial charge >= 0.3 is 5.69 Å². The van der Waals surface area contributed by atoms with Crippen LogP contribution in [-0.4, -0.2) is 48.1 Å². The second-order valence-corrected chi connectivity index (χ2v) is 6.00. The maximum atomic E-state index is 11.6. The van der Waals surface area contributed by atoms with Crippen LogP contribution < -0.4 is 11.2 Å². The molecule has 9 nitrogen and oxygen atoms in total. The highest BCUT2D eigenvalue weighted by Gasteiger charge is 2.39. The third-order valence-electron chi connectivity index (χ3n) is 2.82. The van der Waals surface area contributed by atoms with E-state index in [1.54, 1.807) is 0 Å². The highest BCUT2D eigenvalue weighted by Crippen LogP contribution is 2.30. The van der Waals surface area contributed by atoms with Crippen molar-refractivity contribution in [3.63, 3.8) is 0 Å². The van der Waals surface area contributed by atoms with Gasteiger partial charge in [-0.05, 0) is 0 Å². The number of nitrogens with zero attached hydrogens (tertiary/aromatic N) is 1. The summed E-state index contributed by atoms with van der Waals surface area (Å²) >= 11 is 0. The number of H-pyrrole nitrogens is 1. The maximum absolute atomic E-state index is 11.6. The van der Waals surface area contributed by atoms with Gasteiger partial charge in [0.25, 0.3) is 15.7 Å². The van der Waals surface area contributed by atoms with Crippen LogP contribution in [0.25, 0.3) is 0 Å². The Labute approximate surface area is 113 Å². The third kappa shape index (κ3) is 3.33. The molecule has 0 bridgehead atoms. The fraction of sp³-hybridized carbons (Fsp3) is 0.600. The lowest BCUT2D eigenvalue weighted by Gasteiger charge is -2.14. The zero-order valence-corrected chi connectivity index (χ0v) is 11.4. The van der Waals surface area contributed by atoms with Gasteiger partial charge in [0, 0.05) is 18.7 Å². The Morgan fingerprint density at radius 3 is 2.80 bits per heavy atom. The average molecular weight is 306 g/mol. The summed E-state index contributed by atoms with van der Waals surface area (Å²) in [6.45, 7) is -0.450. The van der Waals surface area contributed by atoms with Gasteiger partial charge < -0.3 is 9.84 Å². The van der Waals surface area contributed by atoms with E-state index in [4.69, 9.17) is 14.0 Å². The predicted molar refractivity (Wildman–Crippen MR) is 66.7 cm³/mol. The van der Waals surface area contributed by atoms with Crippen molar-refractivity contribution in [2.45, 2.75) is 24.9 Å². The van der Waals surface area contributed by atoms with Crippen LogP contribution in [0, 0.1) is 0 Å². The van der Waals surface area contributed by atoms with E-state index in [1.807, 2.05) is 0 Å². The van der Waals surface area contributed by atoms with Crippen LogP contribution in [0.3, 0.4) is 0 Å². The first-order chi connectivity index (χ1) is 9.30. The van der Waals surface area contributed by atoms with Gasteiger partial charge in [-0.1, -0.05) is 0 Å². The van der Waals surface area contributed by atoms with Gasteiger partial charge in [-0.3, -0.25) is 18.5 Å². The van der Waals surface area contributed by atoms with Gasteiger partial charge in [0.2, 0.25) is 0 Å². The molecular formula is C10H14N2O7S. The number of aliphatic hydroxyl groups excluding tert-OH is 1. The summed E-state index contributed by atoms with van der Waals surface area (Å²) in [5.74, 6) is 0. The Kier molecular flexibility index (Phi) is 4.09. The van der Waals surface area contributed by atoms with Crippen LogP contribution in [0.2, 0.25) is 0 Å². The van der Waals surface area contributed by atoms with Crippen LogP contribution in [0.4, 0.5) is 0 Å². The van der Waals surface area contributed by atoms with E-state index in [0.29, 0.717) is 0 Å². The number of hydrogen-bond acceptors (Lipinski definition) is 7. The predicted octanol–water partition coefficient (Wildman–Crippen LogP) is -1.84. The standard InChI is InChI=1S/C10H14N2O7S/c1-20(16,17)19-6-4-9(18-7(6)5-13)12-3-2-8(14)11-10(12)15/h2-3,6-7,9,13H,4-5H2,1H3,(H,11,14,15)/t6-,7-,9-/m1/s1. The summed E-state index contributed by atoms with van der Waals surface area (Å²) in [5.41, 5.74) is -1.23. The topological polar surface area (TPSA) is 128 Å². The summed E-state index contributed by atoms with van der Waals surface area (Å²) in [4.78, 5) is 24.7. The van der Waals surface area contributed by atoms with Crippen molar-refractivity contribution in [1.29, 1.82) is 0 Å². The van der Waals surface area contributed by atoms with E-state index in [0.717, 1.165) is 16.9 Å². The summed E-state index contributed by atoms with van der Waals surface area (Å²) in [6, 6.07) is 1.14. The molecule has 0 amide bonds. The van der Waals surface area contributed by atoms with Crippen LogP contribution in [0.1, 0.15) is 12.6 Å². The Morgan fingerprint density at radius 2 is 2.25 bits per heavy atom. The summed E-state index contributed by atoms with van der Waals surface area (Å²) < 4.78 is 33.6. The second-order valence-electron chi connectivity index (χ2n) is 4.40. The third-order valence-corrected chi connectivity index (χ3v) is 3.42. The van der Waals surface area contributed by atoms with Crippen LogP contribution in [0.15, 0.2) is 21.9 Å². The van der Waals surface area contributed by atoms with E-state index in [1.165, 1.54) is 6.20 Å². The fourth-order valence-electron chi connectivity index (χ4n) is 2.02. The van der Waals surface area contributed by atoms with Crippen molar-refractivity contribution >= 4 is 10.1 Å². The SMILES string of the molecule is CS(=O)(=O)O[C@@H]1C[C@H](n2ccc(=O)[nH]c2=O)O[C@@H]1CO. The smallest absolute Gasteiger partial charge is 0.330 e. The highest BCUT2D eigenvalue weighted by molar-refractivity contribution is 7.86. The van der Waals surface area contributed by atoms with Crippen LogP contribution >= 0.6 is 0 Å². The molecule has 20 heavy (non-hydrogen) atoms. The molecule has 1 fully saturated rings. The van der Waals surface area contributed by atoms with Gasteiger partial charge in [0.15, 0.2) is 0 Å². The van der Waals surface area contributed by atoms with Crippen molar-refractivity contribution in [1.82, 2.24) is 9.55 Å². The minimum atomic E-state index is -3.71. The molecule has 10 heteroatoms. The molecule has 1 aliphatic rings. The Hall–Kier alpha value is -1.49. The number of aliphatic hydroxyl groups is 1. The quantitative estimate of drug-likeness (QED) is 0.626. The van der Waals surface area contributed by atoms with Gasteiger partial charge in [-0.2, -0.15) is 8.42 Å². The van der Waals surface area contributed by atoms with Crippen LogP contribution in [0.5, 0.6) is 0 Å². The Balaban J connectivity index is 2.24. The molecule has 0 radical (unpaired) electrons. The van der Waals surface area contributed by atoms with Gasteiger partial charge in [-0.25, -0.2) is 4.79 Å². The first-order valence-corrected chi connectivity index (χ1v) is 7.58. The maximum Gasteiger partial charge on any atom is 0.330 e. The first kappa shape index (κ1) is 14.9. The number of ether oxygens (including phenoxy) is 1. The largest absolute Gasteiger partial charge is 0.394 e. The van der Waals surface area contributed by atoms with Crippen molar-refractivity contribution in [3.8, 4) is 0 Å². The molecule has 1 aromatic heterocycles. The molecule has 0 aromatic carbocycles. The first-order valence-electron chi connectivity index (χ1n) is 5.76. The molecule has 0 aliphatic carbocycles. The lowest BCUT2D eigenvalue weighted by molar-refractivity contribution is -0.0413. The minimum Gasteiger partial charge on any atom is -0.394 e. The minimum absolute atomic E-state index is 0.0598. The zero-order valence-electron chi connectivity index (χ0n) is 10.6. The van der Waals surface area contributed by atoms with E-state index in [-0.39, 0.29) is 6.42 Å². The lowest BCUT2D eigenvalue weighted by Crippen LogP contribution is -2.31. The molecule has 2 N–H and O–H groups in total. The van der Waals surface area contributed by atoms with E-state index >= 15 is 0 Å². The molecule has 1 saturated heterocycles. The highest BCUT2D eigenvalue weighted by atomic mass is 32.2. The second kappa shape index (κ2) is 5.48. The lowest BCUT2D eigenvalue weighted by atomic mass is 10.2. The van der Waals surface area contributed by atoms with E-state index in [9.17, 15) is 18.0 Å². The molecule has 1 aromatic rings. The van der Waals surface area contributed by atoms with Crippen molar-refractivity contribution < 1.29 is 22.4 Å². The monoisotopic (exact) mass is 306 g/mol. The van der Waals surface area contributed by atoms with Crippen LogP contribution in [-0.2, 0) is 19.0 Å². The van der Waals surface area contributed by atoms with E-state index in [2.05, 4.69) is 4.98 Å². The molecule has 2 heterocycles. The molecular weight excluding hydrogens is 292 g/mol. The molecule has 0 spiro atoms. The van der Waals surface area contributed by atoms with Crippen molar-refractivity contribution in [2.75, 3.05) is 12.9 Å².